The Morgan fingerprint density at radius 1 is 1.25 bits per heavy atom. The van der Waals surface area contributed by atoms with Gasteiger partial charge in [0.25, 0.3) is 5.91 Å². The molecule has 0 bridgehead atoms. The summed E-state index contributed by atoms with van der Waals surface area (Å²) in [7, 11) is 0. The molecule has 3 N–H and O–H groups in total. The van der Waals surface area contributed by atoms with Gasteiger partial charge in [0, 0.05) is 23.1 Å². The topological polar surface area (TPSA) is 80.4 Å². The fourth-order valence-electron chi connectivity index (χ4n) is 3.97. The lowest BCUT2D eigenvalue weighted by molar-refractivity contribution is 0.101. The van der Waals surface area contributed by atoms with E-state index in [1.54, 1.807) is 0 Å². The van der Waals surface area contributed by atoms with Gasteiger partial charge in [-0.25, -0.2) is 18.2 Å². The van der Waals surface area contributed by atoms with E-state index in [0.29, 0.717) is 23.2 Å². The maximum atomic E-state index is 14.7. The molecule has 1 saturated carbocycles. The summed E-state index contributed by atoms with van der Waals surface area (Å²) in [4.78, 5) is 20.4. The third kappa shape index (κ3) is 3.23. The SMILES string of the molecule is NC1=NC2(c3cc(NC(=O)c4ncc(F)cc4F)ccc3F)CCCC2CS1. The number of thioether (sulfide) groups is 1. The molecule has 1 amide bonds. The molecule has 2 heterocycles. The minimum Gasteiger partial charge on any atom is -0.379 e. The highest BCUT2D eigenvalue weighted by Gasteiger charge is 2.48. The Morgan fingerprint density at radius 3 is 2.86 bits per heavy atom. The molecule has 2 atom stereocenters. The Balaban J connectivity index is 1.68. The number of nitrogens with zero attached hydrogens (tertiary/aromatic N) is 2. The number of halogens is 3. The summed E-state index contributed by atoms with van der Waals surface area (Å²) in [6, 6.07) is 4.72. The van der Waals surface area contributed by atoms with E-state index in [-0.39, 0.29) is 11.6 Å². The molecule has 1 aromatic heterocycles. The molecule has 1 aromatic carbocycles. The first-order valence-electron chi connectivity index (χ1n) is 8.79. The minimum atomic E-state index is -1.07. The molecule has 146 valence electrons. The van der Waals surface area contributed by atoms with Gasteiger partial charge in [0.05, 0.1) is 11.7 Å². The van der Waals surface area contributed by atoms with Gasteiger partial charge in [-0.1, -0.05) is 18.2 Å². The number of amidine groups is 1. The highest BCUT2D eigenvalue weighted by Crippen LogP contribution is 2.51. The predicted octanol–water partition coefficient (Wildman–Crippen LogP) is 3.81. The number of fused-ring (bicyclic) bond motifs is 1. The van der Waals surface area contributed by atoms with Crippen LogP contribution < -0.4 is 11.1 Å². The van der Waals surface area contributed by atoms with Crippen LogP contribution in [0, 0.1) is 23.4 Å². The summed E-state index contributed by atoms with van der Waals surface area (Å²) in [6.07, 6.45) is 3.25. The van der Waals surface area contributed by atoms with Crippen LogP contribution in [-0.2, 0) is 5.54 Å². The molecule has 2 aliphatic rings. The zero-order chi connectivity index (χ0) is 19.9. The van der Waals surface area contributed by atoms with Crippen LogP contribution in [0.4, 0.5) is 18.9 Å². The maximum Gasteiger partial charge on any atom is 0.277 e. The van der Waals surface area contributed by atoms with Gasteiger partial charge in [0.15, 0.2) is 16.7 Å². The maximum absolute atomic E-state index is 14.7. The first-order chi connectivity index (χ1) is 13.4. The number of pyridine rings is 1. The van der Waals surface area contributed by atoms with Gasteiger partial charge < -0.3 is 11.1 Å². The predicted molar refractivity (Wildman–Crippen MR) is 102 cm³/mol. The van der Waals surface area contributed by atoms with Crippen molar-refractivity contribution in [2.24, 2.45) is 16.6 Å². The summed E-state index contributed by atoms with van der Waals surface area (Å²) in [5.41, 5.74) is 5.28. The van der Waals surface area contributed by atoms with E-state index < -0.39 is 34.6 Å². The Labute approximate surface area is 163 Å². The standard InChI is InChI=1S/C19H17F3N4OS/c20-11-6-15(22)16(24-8-11)17(27)25-12-3-4-14(21)13(7-12)19-5-1-2-10(19)9-28-18(23)26-19/h3-4,6-8,10H,1-2,5,9H2,(H2,23,26)(H,25,27). The fourth-order valence-corrected chi connectivity index (χ4v) is 5.01. The molecule has 0 radical (unpaired) electrons. The van der Waals surface area contributed by atoms with Crippen LogP contribution in [0.25, 0.3) is 0 Å². The Kier molecular flexibility index (Phi) is 4.78. The fraction of sp³-hybridized carbons (Fsp3) is 0.316. The van der Waals surface area contributed by atoms with Crippen molar-refractivity contribution in [3.63, 3.8) is 0 Å². The van der Waals surface area contributed by atoms with E-state index in [2.05, 4.69) is 15.3 Å². The number of nitrogens with two attached hydrogens (primary N) is 1. The molecule has 5 nitrogen and oxygen atoms in total. The van der Waals surface area contributed by atoms with Crippen molar-refractivity contribution in [2.75, 3.05) is 11.1 Å². The van der Waals surface area contributed by atoms with Crippen molar-refractivity contribution in [2.45, 2.75) is 24.8 Å². The van der Waals surface area contributed by atoms with Crippen molar-refractivity contribution in [3.05, 3.63) is 59.2 Å². The Morgan fingerprint density at radius 2 is 2.07 bits per heavy atom. The minimum absolute atomic E-state index is 0.154. The van der Waals surface area contributed by atoms with Crippen LogP contribution in [0.5, 0.6) is 0 Å². The summed E-state index contributed by atoms with van der Waals surface area (Å²) < 4.78 is 41.5. The molecule has 1 aliphatic carbocycles. The number of carbonyl (C=O) groups excluding carboxylic acids is 1. The van der Waals surface area contributed by atoms with Crippen LogP contribution >= 0.6 is 11.8 Å². The molecular formula is C19H17F3N4OS. The first-order valence-corrected chi connectivity index (χ1v) is 9.78. The van der Waals surface area contributed by atoms with Crippen LogP contribution in [0.1, 0.15) is 35.3 Å². The number of aromatic nitrogens is 1. The molecule has 1 aliphatic heterocycles. The largest absolute Gasteiger partial charge is 0.379 e. The average molecular weight is 406 g/mol. The Hall–Kier alpha value is -2.55. The van der Waals surface area contributed by atoms with Crippen molar-refractivity contribution < 1.29 is 18.0 Å². The first kappa shape index (κ1) is 18.8. The van der Waals surface area contributed by atoms with E-state index in [9.17, 15) is 18.0 Å². The number of benzene rings is 1. The van der Waals surface area contributed by atoms with Crippen LogP contribution in [0.2, 0.25) is 0 Å². The second-order valence-electron chi connectivity index (χ2n) is 6.91. The summed E-state index contributed by atoms with van der Waals surface area (Å²) in [5.74, 6) is -2.32. The number of hydrogen-bond acceptors (Lipinski definition) is 5. The number of nitrogens with one attached hydrogen (secondary N) is 1. The lowest BCUT2D eigenvalue weighted by Crippen LogP contribution is -2.37. The van der Waals surface area contributed by atoms with E-state index >= 15 is 0 Å². The second kappa shape index (κ2) is 7.12. The van der Waals surface area contributed by atoms with Gasteiger partial charge in [0.2, 0.25) is 0 Å². The zero-order valence-corrected chi connectivity index (χ0v) is 15.5. The average Bonchev–Trinajstić information content (AvgIpc) is 3.07. The Bertz CT molecular complexity index is 984. The van der Waals surface area contributed by atoms with Gasteiger partial charge in [-0.3, -0.25) is 9.79 Å². The summed E-state index contributed by atoms with van der Waals surface area (Å²) in [6.45, 7) is 0. The highest BCUT2D eigenvalue weighted by molar-refractivity contribution is 8.13. The number of rotatable bonds is 3. The van der Waals surface area contributed by atoms with Gasteiger partial charge in [-0.05, 0) is 37.0 Å². The summed E-state index contributed by atoms with van der Waals surface area (Å²) >= 11 is 1.46. The molecule has 2 unspecified atom stereocenters. The van der Waals surface area contributed by atoms with E-state index in [4.69, 9.17) is 5.73 Å². The molecule has 2 aromatic rings. The zero-order valence-electron chi connectivity index (χ0n) is 14.7. The molecule has 28 heavy (non-hydrogen) atoms. The van der Waals surface area contributed by atoms with Crippen molar-refractivity contribution in [1.29, 1.82) is 0 Å². The van der Waals surface area contributed by atoms with Gasteiger partial charge >= 0.3 is 0 Å². The van der Waals surface area contributed by atoms with Gasteiger partial charge in [0.1, 0.15) is 11.6 Å². The van der Waals surface area contributed by atoms with Gasteiger partial charge in [-0.15, -0.1) is 0 Å². The quantitative estimate of drug-likeness (QED) is 0.812. The lowest BCUT2D eigenvalue weighted by atomic mass is 9.81. The van der Waals surface area contributed by atoms with Crippen molar-refractivity contribution >= 4 is 28.5 Å². The normalized spacial score (nSPS) is 23.8. The van der Waals surface area contributed by atoms with E-state index in [1.165, 1.54) is 30.0 Å². The summed E-state index contributed by atoms with van der Waals surface area (Å²) in [5, 5.41) is 2.92. The number of hydrogen-bond donors (Lipinski definition) is 2. The monoisotopic (exact) mass is 406 g/mol. The third-order valence-electron chi connectivity index (χ3n) is 5.24. The number of amides is 1. The molecule has 1 fully saturated rings. The van der Waals surface area contributed by atoms with E-state index in [1.807, 2.05) is 0 Å². The van der Waals surface area contributed by atoms with Crippen LogP contribution in [-0.4, -0.2) is 21.8 Å². The van der Waals surface area contributed by atoms with Crippen LogP contribution in [0.15, 0.2) is 35.5 Å². The molecule has 4 rings (SSSR count). The molecular weight excluding hydrogens is 389 g/mol. The lowest BCUT2D eigenvalue weighted by Gasteiger charge is -2.36. The smallest absolute Gasteiger partial charge is 0.277 e. The number of carbonyl (C=O) groups is 1. The van der Waals surface area contributed by atoms with Crippen LogP contribution in [0.3, 0.4) is 0 Å². The molecule has 0 spiro atoms. The van der Waals surface area contributed by atoms with Gasteiger partial charge in [-0.2, -0.15) is 0 Å². The third-order valence-corrected chi connectivity index (χ3v) is 6.20. The second-order valence-corrected chi connectivity index (χ2v) is 7.95. The molecule has 9 heteroatoms. The molecule has 0 saturated heterocycles. The van der Waals surface area contributed by atoms with Crippen molar-refractivity contribution in [1.82, 2.24) is 4.98 Å². The highest BCUT2D eigenvalue weighted by atomic mass is 32.2. The number of aliphatic imine (C=N–C) groups is 1. The van der Waals surface area contributed by atoms with Crippen molar-refractivity contribution in [3.8, 4) is 0 Å². The van der Waals surface area contributed by atoms with E-state index in [0.717, 1.165) is 24.8 Å². The number of anilines is 1.